The largest absolute Gasteiger partial charge is 0.350 e. The summed E-state index contributed by atoms with van der Waals surface area (Å²) in [5.41, 5.74) is 0.668. The Balaban J connectivity index is 2.36. The molecule has 72 valence electrons. The molecule has 4 nitrogen and oxygen atoms in total. The summed E-state index contributed by atoms with van der Waals surface area (Å²) in [4.78, 5) is 11.4. The number of hydrogen-bond acceptors (Lipinski definition) is 3. The van der Waals surface area contributed by atoms with E-state index in [9.17, 15) is 4.79 Å². The van der Waals surface area contributed by atoms with E-state index in [2.05, 4.69) is 15.5 Å². The van der Waals surface area contributed by atoms with Gasteiger partial charge in [0, 0.05) is 12.1 Å². The molecule has 0 spiro atoms. The standard InChI is InChI=1S/C9H12BN3O/c10-13-12-7-6-11-9(14)8-4-2-1-3-5-8/h1-5H,6-7,10H2,(H,11,14). The summed E-state index contributed by atoms with van der Waals surface area (Å²) in [5, 5.41) is 10.1. The predicted molar refractivity (Wildman–Crippen MR) is 57.0 cm³/mol. The summed E-state index contributed by atoms with van der Waals surface area (Å²) in [6.45, 7) is 1.04. The molecule has 0 saturated heterocycles. The molecule has 1 amide bonds. The van der Waals surface area contributed by atoms with E-state index >= 15 is 0 Å². The first-order chi connectivity index (χ1) is 6.84. The van der Waals surface area contributed by atoms with Gasteiger partial charge in [0.25, 0.3) is 13.9 Å². The molecule has 1 aromatic carbocycles. The first-order valence-electron chi connectivity index (χ1n) is 4.43. The normalized spacial score (nSPS) is 10.3. The van der Waals surface area contributed by atoms with Crippen molar-refractivity contribution in [1.29, 1.82) is 0 Å². The van der Waals surface area contributed by atoms with E-state index in [0.717, 1.165) is 0 Å². The van der Waals surface area contributed by atoms with Gasteiger partial charge in [-0.3, -0.25) is 9.82 Å². The van der Waals surface area contributed by atoms with Crippen molar-refractivity contribution < 1.29 is 4.79 Å². The number of nitrogens with zero attached hydrogens (tertiary/aromatic N) is 2. The van der Waals surface area contributed by atoms with Crippen molar-refractivity contribution in [2.75, 3.05) is 13.1 Å². The fourth-order valence-electron chi connectivity index (χ4n) is 1.01. The van der Waals surface area contributed by atoms with E-state index in [1.54, 1.807) is 20.1 Å². The average Bonchev–Trinajstić information content (AvgIpc) is 2.25. The van der Waals surface area contributed by atoms with Crippen LogP contribution in [0.1, 0.15) is 10.4 Å². The van der Waals surface area contributed by atoms with Crippen molar-refractivity contribution in [1.82, 2.24) is 5.32 Å². The van der Waals surface area contributed by atoms with Gasteiger partial charge >= 0.3 is 0 Å². The van der Waals surface area contributed by atoms with Crippen molar-refractivity contribution in [3.63, 3.8) is 0 Å². The van der Waals surface area contributed by atoms with Gasteiger partial charge in [0.2, 0.25) is 0 Å². The maximum absolute atomic E-state index is 11.4. The Labute approximate surface area is 83.9 Å². The molecule has 0 aliphatic heterocycles. The fourth-order valence-corrected chi connectivity index (χ4v) is 1.01. The molecule has 0 bridgehead atoms. The van der Waals surface area contributed by atoms with Crippen LogP contribution in [0.5, 0.6) is 0 Å². The summed E-state index contributed by atoms with van der Waals surface area (Å²) in [7, 11) is 1.61. The number of rotatable bonds is 4. The topological polar surface area (TPSA) is 53.8 Å². The second-order valence-corrected chi connectivity index (χ2v) is 2.69. The summed E-state index contributed by atoms with van der Waals surface area (Å²) in [6.07, 6.45) is 0. The van der Waals surface area contributed by atoms with E-state index in [0.29, 0.717) is 18.7 Å². The van der Waals surface area contributed by atoms with Crippen LogP contribution in [0.4, 0.5) is 0 Å². The molecule has 0 aromatic heterocycles. The minimum atomic E-state index is -0.0723. The smallest absolute Gasteiger partial charge is 0.273 e. The molecular formula is C9H12BN3O. The van der Waals surface area contributed by atoms with Crippen molar-refractivity contribution in [3.05, 3.63) is 35.9 Å². The molecule has 0 saturated carbocycles. The van der Waals surface area contributed by atoms with Crippen LogP contribution in [0.15, 0.2) is 40.5 Å². The number of nitrogens with one attached hydrogen (secondary N) is 1. The number of amides is 1. The van der Waals surface area contributed by atoms with E-state index in [1.165, 1.54) is 0 Å². The van der Waals surface area contributed by atoms with Gasteiger partial charge in [0.15, 0.2) is 0 Å². The van der Waals surface area contributed by atoms with Crippen molar-refractivity contribution in [2.24, 2.45) is 10.1 Å². The second kappa shape index (κ2) is 5.91. The van der Waals surface area contributed by atoms with Gasteiger partial charge < -0.3 is 5.32 Å². The van der Waals surface area contributed by atoms with E-state index in [4.69, 9.17) is 0 Å². The maximum Gasteiger partial charge on any atom is 0.273 e. The highest BCUT2D eigenvalue weighted by atomic mass is 16.1. The Morgan fingerprint density at radius 1 is 1.36 bits per heavy atom. The van der Waals surface area contributed by atoms with Gasteiger partial charge in [-0.15, -0.1) is 0 Å². The molecule has 1 aromatic rings. The lowest BCUT2D eigenvalue weighted by atomic mass is 10.2. The number of carbonyl (C=O) groups excluding carboxylic acids is 1. The van der Waals surface area contributed by atoms with Crippen molar-refractivity contribution in [2.45, 2.75) is 0 Å². The van der Waals surface area contributed by atoms with Crippen molar-refractivity contribution >= 4 is 13.9 Å². The maximum atomic E-state index is 11.4. The fraction of sp³-hybridized carbons (Fsp3) is 0.222. The summed E-state index contributed by atoms with van der Waals surface area (Å²) >= 11 is 0. The summed E-state index contributed by atoms with van der Waals surface area (Å²) in [6, 6.07) is 9.09. The van der Waals surface area contributed by atoms with Gasteiger partial charge in [-0.2, -0.15) is 0 Å². The van der Waals surface area contributed by atoms with Crippen LogP contribution in [0.2, 0.25) is 0 Å². The molecule has 0 unspecified atom stereocenters. The highest BCUT2D eigenvalue weighted by Gasteiger charge is 2.01. The molecule has 1 N–H and O–H groups in total. The van der Waals surface area contributed by atoms with Gasteiger partial charge in [-0.05, 0) is 12.1 Å². The Morgan fingerprint density at radius 2 is 2.07 bits per heavy atom. The number of hydrogen-bond donors (Lipinski definition) is 1. The molecule has 0 aliphatic rings. The number of carbonyl (C=O) groups is 1. The van der Waals surface area contributed by atoms with Crippen LogP contribution in [0.3, 0.4) is 0 Å². The van der Waals surface area contributed by atoms with E-state index in [-0.39, 0.29) is 5.91 Å². The van der Waals surface area contributed by atoms with Gasteiger partial charge in [0.05, 0.1) is 6.54 Å². The first kappa shape index (κ1) is 10.4. The minimum Gasteiger partial charge on any atom is -0.350 e. The second-order valence-electron chi connectivity index (χ2n) is 2.69. The first-order valence-corrected chi connectivity index (χ1v) is 4.43. The van der Waals surface area contributed by atoms with Gasteiger partial charge in [-0.25, -0.2) is 5.11 Å². The molecule has 0 aliphatic carbocycles. The van der Waals surface area contributed by atoms with Crippen LogP contribution in [0, 0.1) is 0 Å². The van der Waals surface area contributed by atoms with Crippen LogP contribution in [-0.2, 0) is 0 Å². The molecular weight excluding hydrogens is 177 g/mol. The molecule has 0 radical (unpaired) electrons. The zero-order valence-electron chi connectivity index (χ0n) is 8.10. The quantitative estimate of drug-likeness (QED) is 0.416. The van der Waals surface area contributed by atoms with Crippen LogP contribution < -0.4 is 5.32 Å². The van der Waals surface area contributed by atoms with Gasteiger partial charge in [-0.1, -0.05) is 18.2 Å². The minimum absolute atomic E-state index is 0.0723. The Hall–Kier alpha value is -1.65. The zero-order valence-corrected chi connectivity index (χ0v) is 8.10. The van der Waals surface area contributed by atoms with Crippen molar-refractivity contribution in [3.8, 4) is 0 Å². The Kier molecular flexibility index (Phi) is 4.40. The third-order valence-electron chi connectivity index (χ3n) is 1.67. The lowest BCUT2D eigenvalue weighted by Crippen LogP contribution is -2.25. The SMILES string of the molecule is BN=NCCNC(=O)c1ccccc1. The molecule has 0 heterocycles. The number of benzene rings is 1. The summed E-state index contributed by atoms with van der Waals surface area (Å²) < 4.78 is 0. The third kappa shape index (κ3) is 3.39. The van der Waals surface area contributed by atoms with E-state index < -0.39 is 0 Å². The highest BCUT2D eigenvalue weighted by molar-refractivity contribution is 6.04. The third-order valence-corrected chi connectivity index (χ3v) is 1.67. The molecule has 0 fully saturated rings. The Bertz CT molecular complexity index is 313. The highest BCUT2D eigenvalue weighted by Crippen LogP contribution is 1.96. The van der Waals surface area contributed by atoms with Crippen LogP contribution in [-0.4, -0.2) is 27.0 Å². The summed E-state index contributed by atoms with van der Waals surface area (Å²) in [5.74, 6) is -0.0723. The lowest BCUT2D eigenvalue weighted by molar-refractivity contribution is 0.0955. The molecule has 1 rings (SSSR count). The monoisotopic (exact) mass is 189 g/mol. The van der Waals surface area contributed by atoms with Crippen LogP contribution in [0.25, 0.3) is 0 Å². The van der Waals surface area contributed by atoms with Gasteiger partial charge in [0.1, 0.15) is 0 Å². The zero-order chi connectivity index (χ0) is 10.2. The molecule has 0 atom stereocenters. The van der Waals surface area contributed by atoms with Crippen LogP contribution >= 0.6 is 0 Å². The average molecular weight is 189 g/mol. The lowest BCUT2D eigenvalue weighted by Gasteiger charge is -2.01. The Morgan fingerprint density at radius 3 is 2.71 bits per heavy atom. The predicted octanol–water partition coefficient (Wildman–Crippen LogP) is 0.417. The molecule has 5 heteroatoms. The molecule has 14 heavy (non-hydrogen) atoms. The van der Waals surface area contributed by atoms with E-state index in [1.807, 2.05) is 18.2 Å².